The van der Waals surface area contributed by atoms with E-state index in [2.05, 4.69) is 26.3 Å². The van der Waals surface area contributed by atoms with Gasteiger partial charge in [-0.1, -0.05) is 28.1 Å². The molecule has 10 nitrogen and oxygen atoms in total. The van der Waals surface area contributed by atoms with E-state index in [1.54, 1.807) is 19.1 Å². The van der Waals surface area contributed by atoms with Crippen LogP contribution in [0.4, 0.5) is 0 Å². The standard InChI is InChI=1S/C25H19BrN4O6S2/c1-14-27-21-10-9-19(38(34,35)36)12-20(21)24(33)29(14)18-7-5-15(6-8-18)23(32)28-30-22(31)13-37-25(30)16-3-2-4-17(26)11-16/h2-12,25H,13H2,1H3,(H,28,32)(H,34,35,36)/t25-/m1/s1. The molecule has 2 N–H and O–H groups in total. The van der Waals surface area contributed by atoms with Crippen molar-refractivity contribution in [1.82, 2.24) is 20.0 Å². The topological polar surface area (TPSA) is 139 Å². The molecule has 1 atom stereocenters. The first kappa shape index (κ1) is 26.1. The molecule has 1 aliphatic rings. The SMILES string of the molecule is Cc1nc2ccc(S(=O)(=O)O)cc2c(=O)n1-c1ccc(C(=O)NN2C(=O)CS[C@@H]2c2cccc(Br)c2)cc1. The summed E-state index contributed by atoms with van der Waals surface area (Å²) < 4.78 is 34.6. The highest BCUT2D eigenvalue weighted by Crippen LogP contribution is 2.38. The molecule has 5 rings (SSSR count). The third-order valence-corrected chi connectivity index (χ3v) is 8.47. The second-order valence-corrected chi connectivity index (χ2v) is 11.8. The summed E-state index contributed by atoms with van der Waals surface area (Å²) in [5.74, 6) is -0.146. The number of hydrogen-bond donors (Lipinski definition) is 2. The number of fused-ring (bicyclic) bond motifs is 1. The largest absolute Gasteiger partial charge is 0.294 e. The van der Waals surface area contributed by atoms with Crippen LogP contribution in [0.1, 0.15) is 27.1 Å². The van der Waals surface area contributed by atoms with Crippen LogP contribution < -0.4 is 11.0 Å². The number of nitrogens with zero attached hydrogens (tertiary/aromatic N) is 3. The van der Waals surface area contributed by atoms with Gasteiger partial charge in [0.25, 0.3) is 27.5 Å². The van der Waals surface area contributed by atoms with E-state index in [1.807, 2.05) is 24.3 Å². The van der Waals surface area contributed by atoms with Crippen molar-refractivity contribution >= 4 is 60.5 Å². The summed E-state index contributed by atoms with van der Waals surface area (Å²) in [5.41, 5.74) is 3.95. The molecule has 3 aromatic carbocycles. The smallest absolute Gasteiger partial charge is 0.282 e. The van der Waals surface area contributed by atoms with Crippen LogP contribution in [0.25, 0.3) is 16.6 Å². The van der Waals surface area contributed by atoms with Gasteiger partial charge in [0.05, 0.1) is 27.2 Å². The summed E-state index contributed by atoms with van der Waals surface area (Å²) in [7, 11) is -4.50. The van der Waals surface area contributed by atoms with Crippen LogP contribution in [0, 0.1) is 6.92 Å². The predicted octanol–water partition coefficient (Wildman–Crippen LogP) is 3.62. The Balaban J connectivity index is 1.43. The average molecular weight is 615 g/mol. The number of aromatic nitrogens is 2. The summed E-state index contributed by atoms with van der Waals surface area (Å²) in [5, 5.41) is 0.953. The van der Waals surface area contributed by atoms with Crippen molar-refractivity contribution in [3.63, 3.8) is 0 Å². The lowest BCUT2D eigenvalue weighted by Gasteiger charge is -2.24. The number of benzene rings is 3. The molecule has 38 heavy (non-hydrogen) atoms. The number of carbonyl (C=O) groups excluding carboxylic acids is 2. The van der Waals surface area contributed by atoms with Crippen molar-refractivity contribution in [2.75, 3.05) is 5.75 Å². The van der Waals surface area contributed by atoms with Crippen molar-refractivity contribution in [1.29, 1.82) is 0 Å². The van der Waals surface area contributed by atoms with Crippen molar-refractivity contribution in [2.45, 2.75) is 17.2 Å². The van der Waals surface area contributed by atoms with E-state index in [4.69, 9.17) is 0 Å². The highest BCUT2D eigenvalue weighted by Gasteiger charge is 2.34. The van der Waals surface area contributed by atoms with Gasteiger partial charge in [0.2, 0.25) is 0 Å². The zero-order chi connectivity index (χ0) is 27.2. The van der Waals surface area contributed by atoms with Crippen molar-refractivity contribution in [3.05, 3.63) is 98.5 Å². The van der Waals surface area contributed by atoms with E-state index >= 15 is 0 Å². The molecule has 4 aromatic rings. The number of rotatable bonds is 5. The van der Waals surface area contributed by atoms with E-state index in [0.717, 1.165) is 16.1 Å². The van der Waals surface area contributed by atoms with Gasteiger partial charge >= 0.3 is 0 Å². The molecule has 0 radical (unpaired) electrons. The molecule has 1 saturated heterocycles. The van der Waals surface area contributed by atoms with Crippen molar-refractivity contribution in [3.8, 4) is 5.69 Å². The normalized spacial score (nSPS) is 15.7. The number of carbonyl (C=O) groups is 2. The fraction of sp³-hybridized carbons (Fsp3) is 0.120. The first-order valence-electron chi connectivity index (χ1n) is 11.1. The number of hydrogen-bond acceptors (Lipinski definition) is 7. The molecular weight excluding hydrogens is 596 g/mol. The lowest BCUT2D eigenvalue weighted by molar-refractivity contribution is -0.130. The Labute approximate surface area is 229 Å². The lowest BCUT2D eigenvalue weighted by atomic mass is 10.2. The van der Waals surface area contributed by atoms with E-state index in [-0.39, 0.29) is 33.5 Å². The minimum absolute atomic E-state index is 0.0104. The molecular formula is C25H19BrN4O6S2. The zero-order valence-electron chi connectivity index (χ0n) is 19.7. The van der Waals surface area contributed by atoms with Crippen molar-refractivity contribution in [2.24, 2.45) is 0 Å². The number of hydrazine groups is 1. The highest BCUT2D eigenvalue weighted by atomic mass is 79.9. The van der Waals surface area contributed by atoms with Gasteiger partial charge in [0.1, 0.15) is 11.2 Å². The minimum Gasteiger partial charge on any atom is -0.282 e. The number of nitrogens with one attached hydrogen (secondary N) is 1. The van der Waals surface area contributed by atoms with Crippen LogP contribution in [0.15, 0.2) is 80.9 Å². The van der Waals surface area contributed by atoms with Crippen LogP contribution >= 0.6 is 27.7 Å². The molecule has 0 spiro atoms. The summed E-state index contributed by atoms with van der Waals surface area (Å²) in [6.07, 6.45) is 0. The Hall–Kier alpha value is -3.52. The van der Waals surface area contributed by atoms with Gasteiger partial charge in [-0.3, -0.25) is 28.9 Å². The molecule has 194 valence electrons. The van der Waals surface area contributed by atoms with Gasteiger partial charge in [-0.05, 0) is 67.1 Å². The van der Waals surface area contributed by atoms with E-state index < -0.39 is 26.5 Å². The maximum absolute atomic E-state index is 13.2. The summed E-state index contributed by atoms with van der Waals surface area (Å²) in [6.45, 7) is 1.62. The second-order valence-electron chi connectivity index (χ2n) is 8.42. The summed E-state index contributed by atoms with van der Waals surface area (Å²) in [6, 6.07) is 17.2. The fourth-order valence-electron chi connectivity index (χ4n) is 4.13. The molecule has 0 aliphatic carbocycles. The first-order valence-corrected chi connectivity index (χ1v) is 14.4. The number of thioether (sulfide) groups is 1. The van der Waals surface area contributed by atoms with E-state index in [1.165, 1.54) is 45.6 Å². The third kappa shape index (κ3) is 4.97. The Morgan fingerprint density at radius 3 is 2.53 bits per heavy atom. The number of amides is 2. The van der Waals surface area contributed by atoms with Gasteiger partial charge in [-0.2, -0.15) is 8.42 Å². The van der Waals surface area contributed by atoms with Crippen LogP contribution in [0.3, 0.4) is 0 Å². The fourth-order valence-corrected chi connectivity index (χ4v) is 6.15. The Morgan fingerprint density at radius 2 is 1.84 bits per heavy atom. The van der Waals surface area contributed by atoms with Gasteiger partial charge in [-0.15, -0.1) is 11.8 Å². The minimum atomic E-state index is -4.50. The summed E-state index contributed by atoms with van der Waals surface area (Å²) >= 11 is 4.83. The average Bonchev–Trinajstić information content (AvgIpc) is 3.23. The Morgan fingerprint density at radius 1 is 1.11 bits per heavy atom. The third-order valence-electron chi connectivity index (χ3n) is 5.92. The molecule has 2 heterocycles. The molecule has 1 aromatic heterocycles. The monoisotopic (exact) mass is 614 g/mol. The molecule has 13 heteroatoms. The van der Waals surface area contributed by atoms with Crippen LogP contribution in [0.2, 0.25) is 0 Å². The molecule has 2 amide bonds. The van der Waals surface area contributed by atoms with Gasteiger partial charge in [-0.25, -0.2) is 9.99 Å². The van der Waals surface area contributed by atoms with E-state index in [0.29, 0.717) is 11.5 Å². The van der Waals surface area contributed by atoms with Crippen LogP contribution in [0.5, 0.6) is 0 Å². The lowest BCUT2D eigenvalue weighted by Crippen LogP contribution is -2.44. The molecule has 1 fully saturated rings. The summed E-state index contributed by atoms with van der Waals surface area (Å²) in [4.78, 5) is 42.7. The highest BCUT2D eigenvalue weighted by molar-refractivity contribution is 9.10. The maximum atomic E-state index is 13.2. The first-order chi connectivity index (χ1) is 18.0. The Kier molecular flexibility index (Phi) is 6.86. The quantitative estimate of drug-likeness (QED) is 0.325. The second kappa shape index (κ2) is 9.98. The Bertz CT molecular complexity index is 1770. The van der Waals surface area contributed by atoms with Crippen LogP contribution in [-0.4, -0.2) is 45.1 Å². The predicted molar refractivity (Wildman–Crippen MR) is 146 cm³/mol. The maximum Gasteiger partial charge on any atom is 0.294 e. The molecule has 0 saturated carbocycles. The van der Waals surface area contributed by atoms with E-state index in [9.17, 15) is 27.4 Å². The zero-order valence-corrected chi connectivity index (χ0v) is 22.9. The molecule has 0 bridgehead atoms. The number of aryl methyl sites for hydroxylation is 1. The van der Waals surface area contributed by atoms with Crippen molar-refractivity contribution < 1.29 is 22.6 Å². The number of halogens is 1. The van der Waals surface area contributed by atoms with Gasteiger partial charge in [0.15, 0.2) is 0 Å². The van der Waals surface area contributed by atoms with Gasteiger partial charge in [0, 0.05) is 10.0 Å². The molecule has 1 aliphatic heterocycles. The van der Waals surface area contributed by atoms with Crippen LogP contribution in [-0.2, 0) is 14.9 Å². The van der Waals surface area contributed by atoms with Gasteiger partial charge < -0.3 is 0 Å². The molecule has 0 unspecified atom stereocenters.